The fourth-order valence-electron chi connectivity index (χ4n) is 1.49. The minimum atomic E-state index is -0.301. The number of hydrogen-bond acceptors (Lipinski definition) is 3. The Hall–Kier alpha value is -1.73. The number of benzene rings is 1. The molecule has 0 saturated heterocycles. The van der Waals surface area contributed by atoms with Crippen molar-refractivity contribution in [3.8, 4) is 6.07 Å². The Balaban J connectivity index is 2.75. The van der Waals surface area contributed by atoms with Gasteiger partial charge in [0.25, 0.3) is 5.91 Å². The zero-order chi connectivity index (χ0) is 14.1. The molecule has 0 atom stereocenters. The lowest BCUT2D eigenvalue weighted by molar-refractivity contribution is -0.117. The van der Waals surface area contributed by atoms with Crippen LogP contribution < -0.4 is 5.32 Å². The van der Waals surface area contributed by atoms with Gasteiger partial charge in [0.1, 0.15) is 11.6 Å². The molecule has 1 N–H and O–H groups in total. The highest BCUT2D eigenvalue weighted by atomic mass is 32.2. The molecule has 1 amide bonds. The summed E-state index contributed by atoms with van der Waals surface area (Å²) in [6.45, 7) is 2.67. The van der Waals surface area contributed by atoms with E-state index in [-0.39, 0.29) is 11.5 Å². The summed E-state index contributed by atoms with van der Waals surface area (Å²) in [4.78, 5) is 12.9. The molecule has 0 aliphatic rings. The average Bonchev–Trinajstić information content (AvgIpc) is 2.45. The number of hydrogen-bond donors (Lipinski definition) is 1. The molecule has 0 spiro atoms. The van der Waals surface area contributed by atoms with E-state index in [2.05, 4.69) is 12.2 Å². The van der Waals surface area contributed by atoms with Crippen molar-refractivity contribution < 1.29 is 4.79 Å². The summed E-state index contributed by atoms with van der Waals surface area (Å²) < 4.78 is 0. The molecule has 4 heteroatoms. The minimum absolute atomic E-state index is 0.146. The highest BCUT2D eigenvalue weighted by molar-refractivity contribution is 7.98. The molecule has 0 radical (unpaired) electrons. The molecular formula is C15H18N2OS. The second-order valence-electron chi connectivity index (χ2n) is 4.05. The molecule has 3 nitrogen and oxygen atoms in total. The third kappa shape index (κ3) is 5.19. The van der Waals surface area contributed by atoms with Crippen LogP contribution in [0, 0.1) is 11.3 Å². The van der Waals surface area contributed by atoms with Crippen LogP contribution in [0.25, 0.3) is 6.08 Å². The first-order chi connectivity index (χ1) is 9.21. The maximum Gasteiger partial charge on any atom is 0.261 e. The van der Waals surface area contributed by atoms with Crippen LogP contribution in [0.15, 0.2) is 34.7 Å². The van der Waals surface area contributed by atoms with Crippen LogP contribution in [0.1, 0.15) is 25.3 Å². The van der Waals surface area contributed by atoms with Gasteiger partial charge < -0.3 is 5.32 Å². The molecule has 1 aromatic carbocycles. The Labute approximate surface area is 118 Å². The average molecular weight is 274 g/mol. The van der Waals surface area contributed by atoms with Gasteiger partial charge in [-0.05, 0) is 36.4 Å². The van der Waals surface area contributed by atoms with E-state index >= 15 is 0 Å². The van der Waals surface area contributed by atoms with Crippen LogP contribution in [0.4, 0.5) is 0 Å². The molecule has 0 saturated carbocycles. The Morgan fingerprint density at radius 1 is 1.42 bits per heavy atom. The Kier molecular flexibility index (Phi) is 6.76. The summed E-state index contributed by atoms with van der Waals surface area (Å²) in [6.07, 6.45) is 5.56. The maximum absolute atomic E-state index is 11.8. The van der Waals surface area contributed by atoms with Crippen LogP contribution in [0.5, 0.6) is 0 Å². The van der Waals surface area contributed by atoms with Crippen molar-refractivity contribution in [1.29, 1.82) is 5.26 Å². The molecule has 1 aromatic rings. The van der Waals surface area contributed by atoms with Crippen molar-refractivity contribution in [3.05, 3.63) is 35.4 Å². The molecule has 0 unspecified atom stereocenters. The number of carbonyl (C=O) groups is 1. The SMILES string of the molecule is CCCCNC(=O)/C(C#N)=C/c1ccc(SC)cc1. The normalized spacial score (nSPS) is 10.9. The summed E-state index contributed by atoms with van der Waals surface area (Å²) in [5, 5.41) is 11.8. The fourth-order valence-corrected chi connectivity index (χ4v) is 1.90. The van der Waals surface area contributed by atoms with E-state index in [1.807, 2.05) is 36.6 Å². The van der Waals surface area contributed by atoms with Crippen molar-refractivity contribution in [2.75, 3.05) is 12.8 Å². The summed E-state index contributed by atoms with van der Waals surface area (Å²) in [5.41, 5.74) is 1.01. The first-order valence-corrected chi connectivity index (χ1v) is 7.47. The van der Waals surface area contributed by atoms with E-state index in [4.69, 9.17) is 5.26 Å². The van der Waals surface area contributed by atoms with Crippen molar-refractivity contribution >= 4 is 23.7 Å². The van der Waals surface area contributed by atoms with Gasteiger partial charge in [0, 0.05) is 11.4 Å². The highest BCUT2D eigenvalue weighted by Crippen LogP contribution is 2.16. The van der Waals surface area contributed by atoms with Crippen molar-refractivity contribution in [2.45, 2.75) is 24.7 Å². The van der Waals surface area contributed by atoms with E-state index in [1.165, 1.54) is 0 Å². The molecule has 0 bridgehead atoms. The zero-order valence-corrected chi connectivity index (χ0v) is 12.1. The molecule has 0 aromatic heterocycles. The number of nitrogens with zero attached hydrogens (tertiary/aromatic N) is 1. The number of nitriles is 1. The molecule has 1 rings (SSSR count). The fraction of sp³-hybridized carbons (Fsp3) is 0.333. The van der Waals surface area contributed by atoms with Gasteiger partial charge in [-0.15, -0.1) is 11.8 Å². The molecule has 0 fully saturated rings. The van der Waals surface area contributed by atoms with E-state index in [9.17, 15) is 4.79 Å². The molecular weight excluding hydrogens is 256 g/mol. The smallest absolute Gasteiger partial charge is 0.261 e. The van der Waals surface area contributed by atoms with Crippen LogP contribution >= 0.6 is 11.8 Å². The van der Waals surface area contributed by atoms with Crippen LogP contribution in [-0.4, -0.2) is 18.7 Å². The number of nitrogens with one attached hydrogen (secondary N) is 1. The summed E-state index contributed by atoms with van der Waals surface area (Å²) in [5.74, 6) is -0.301. The number of thioether (sulfide) groups is 1. The first kappa shape index (κ1) is 15.3. The van der Waals surface area contributed by atoms with E-state index in [0.29, 0.717) is 6.54 Å². The van der Waals surface area contributed by atoms with Crippen LogP contribution in [-0.2, 0) is 4.79 Å². The van der Waals surface area contributed by atoms with Crippen LogP contribution in [0.3, 0.4) is 0 Å². The molecule has 0 aliphatic heterocycles. The summed E-state index contributed by atoms with van der Waals surface area (Å²) in [6, 6.07) is 9.71. The zero-order valence-electron chi connectivity index (χ0n) is 11.3. The Morgan fingerprint density at radius 2 is 2.11 bits per heavy atom. The monoisotopic (exact) mass is 274 g/mol. The third-order valence-corrected chi connectivity index (χ3v) is 3.35. The highest BCUT2D eigenvalue weighted by Gasteiger charge is 2.07. The number of rotatable bonds is 6. The Bertz CT molecular complexity index is 486. The second kappa shape index (κ2) is 8.39. The van der Waals surface area contributed by atoms with Gasteiger partial charge in [-0.25, -0.2) is 0 Å². The molecule has 19 heavy (non-hydrogen) atoms. The standard InChI is InChI=1S/C15H18N2OS/c1-3-4-9-17-15(18)13(11-16)10-12-5-7-14(19-2)8-6-12/h5-8,10H,3-4,9H2,1-2H3,(H,17,18)/b13-10+. The number of unbranched alkanes of at least 4 members (excludes halogenated alkanes) is 1. The van der Waals surface area contributed by atoms with E-state index in [1.54, 1.807) is 17.8 Å². The van der Waals surface area contributed by atoms with Crippen molar-refractivity contribution in [3.63, 3.8) is 0 Å². The predicted octanol–water partition coefficient (Wildman–Crippen LogP) is 3.23. The van der Waals surface area contributed by atoms with Gasteiger partial charge in [-0.1, -0.05) is 25.5 Å². The summed E-state index contributed by atoms with van der Waals surface area (Å²) in [7, 11) is 0. The number of carbonyl (C=O) groups excluding carboxylic acids is 1. The van der Waals surface area contributed by atoms with E-state index < -0.39 is 0 Å². The molecule has 0 heterocycles. The summed E-state index contributed by atoms with van der Waals surface area (Å²) >= 11 is 1.66. The Morgan fingerprint density at radius 3 is 2.63 bits per heavy atom. The predicted molar refractivity (Wildman–Crippen MR) is 79.7 cm³/mol. The topological polar surface area (TPSA) is 52.9 Å². The quantitative estimate of drug-likeness (QED) is 0.375. The molecule has 0 aliphatic carbocycles. The van der Waals surface area contributed by atoms with Gasteiger partial charge in [-0.3, -0.25) is 4.79 Å². The first-order valence-electron chi connectivity index (χ1n) is 6.25. The minimum Gasteiger partial charge on any atom is -0.351 e. The largest absolute Gasteiger partial charge is 0.351 e. The van der Waals surface area contributed by atoms with Crippen LogP contribution in [0.2, 0.25) is 0 Å². The maximum atomic E-state index is 11.8. The lowest BCUT2D eigenvalue weighted by Gasteiger charge is -2.03. The third-order valence-electron chi connectivity index (χ3n) is 2.61. The van der Waals surface area contributed by atoms with Crippen molar-refractivity contribution in [2.24, 2.45) is 0 Å². The second-order valence-corrected chi connectivity index (χ2v) is 4.93. The number of amides is 1. The van der Waals surface area contributed by atoms with Crippen molar-refractivity contribution in [1.82, 2.24) is 5.32 Å². The van der Waals surface area contributed by atoms with E-state index in [0.717, 1.165) is 23.3 Å². The lowest BCUT2D eigenvalue weighted by Crippen LogP contribution is -2.25. The van der Waals surface area contributed by atoms with Gasteiger partial charge in [-0.2, -0.15) is 5.26 Å². The molecule has 100 valence electrons. The van der Waals surface area contributed by atoms with Gasteiger partial charge in [0.2, 0.25) is 0 Å². The van der Waals surface area contributed by atoms with Gasteiger partial charge in [0.05, 0.1) is 0 Å². The van der Waals surface area contributed by atoms with Gasteiger partial charge in [0.15, 0.2) is 0 Å². The lowest BCUT2D eigenvalue weighted by atomic mass is 10.1. The van der Waals surface area contributed by atoms with Gasteiger partial charge >= 0.3 is 0 Å².